The lowest BCUT2D eigenvalue weighted by Crippen LogP contribution is -2.41. The van der Waals surface area contributed by atoms with Crippen LogP contribution in [0.25, 0.3) is 0 Å². The van der Waals surface area contributed by atoms with Gasteiger partial charge in [0.1, 0.15) is 0 Å². The highest BCUT2D eigenvalue weighted by Gasteiger charge is 2.31. The van der Waals surface area contributed by atoms with E-state index in [1.54, 1.807) is 0 Å². The van der Waals surface area contributed by atoms with Crippen molar-refractivity contribution < 1.29 is 4.79 Å². The van der Waals surface area contributed by atoms with E-state index in [1.165, 1.54) is 16.7 Å². The molecule has 4 heteroatoms. The Kier molecular flexibility index (Phi) is 4.51. The summed E-state index contributed by atoms with van der Waals surface area (Å²) in [5, 5.41) is 4.32. The maximum Gasteiger partial charge on any atom is 0.225 e. The van der Waals surface area contributed by atoms with E-state index >= 15 is 0 Å². The van der Waals surface area contributed by atoms with E-state index in [4.69, 9.17) is 0 Å². The first-order valence-corrected chi connectivity index (χ1v) is 8.49. The lowest BCUT2D eigenvalue weighted by Gasteiger charge is -2.36. The summed E-state index contributed by atoms with van der Waals surface area (Å²) in [6.07, 6.45) is 5.80. The number of carbonyl (C=O) groups is 1. The molecule has 1 aromatic heterocycles. The normalized spacial score (nSPS) is 17.4. The monoisotopic (exact) mass is 311 g/mol. The molecule has 4 nitrogen and oxygen atoms in total. The number of fused-ring (bicyclic) bond motifs is 1. The van der Waals surface area contributed by atoms with Gasteiger partial charge in [-0.25, -0.2) is 0 Å². The maximum absolute atomic E-state index is 12.9. The van der Waals surface area contributed by atoms with Crippen LogP contribution in [-0.2, 0) is 18.4 Å². The SMILES string of the molecule is CCC(CC)C(=O)N1Cc2ccccc2C(c2cnn(C)c2)C1. The molecule has 0 spiro atoms. The number of carbonyl (C=O) groups excluding carboxylic acids is 1. The fraction of sp³-hybridized carbons (Fsp3) is 0.474. The molecule has 1 unspecified atom stereocenters. The van der Waals surface area contributed by atoms with Crippen molar-refractivity contribution in [3.8, 4) is 0 Å². The van der Waals surface area contributed by atoms with Crippen LogP contribution in [0.3, 0.4) is 0 Å². The molecule has 1 aromatic carbocycles. The van der Waals surface area contributed by atoms with Gasteiger partial charge in [0.2, 0.25) is 5.91 Å². The van der Waals surface area contributed by atoms with E-state index in [-0.39, 0.29) is 11.8 Å². The van der Waals surface area contributed by atoms with Crippen LogP contribution in [0.5, 0.6) is 0 Å². The highest BCUT2D eigenvalue weighted by Crippen LogP contribution is 2.34. The van der Waals surface area contributed by atoms with Crippen LogP contribution in [-0.4, -0.2) is 27.1 Å². The largest absolute Gasteiger partial charge is 0.337 e. The van der Waals surface area contributed by atoms with Crippen molar-refractivity contribution in [1.29, 1.82) is 0 Å². The van der Waals surface area contributed by atoms with E-state index in [9.17, 15) is 4.79 Å². The zero-order valence-corrected chi connectivity index (χ0v) is 14.2. The van der Waals surface area contributed by atoms with Crippen molar-refractivity contribution >= 4 is 5.91 Å². The first-order valence-electron chi connectivity index (χ1n) is 8.49. The Hall–Kier alpha value is -2.10. The Balaban J connectivity index is 1.95. The second-order valence-electron chi connectivity index (χ2n) is 6.43. The zero-order valence-electron chi connectivity index (χ0n) is 14.2. The Bertz CT molecular complexity index is 687. The number of hydrogen-bond donors (Lipinski definition) is 0. The highest BCUT2D eigenvalue weighted by molar-refractivity contribution is 5.79. The summed E-state index contributed by atoms with van der Waals surface area (Å²) in [6.45, 7) is 5.67. The Morgan fingerprint density at radius 2 is 2.04 bits per heavy atom. The smallest absolute Gasteiger partial charge is 0.225 e. The molecule has 0 radical (unpaired) electrons. The van der Waals surface area contributed by atoms with Crippen LogP contribution < -0.4 is 0 Å². The van der Waals surface area contributed by atoms with Crippen molar-refractivity contribution in [3.63, 3.8) is 0 Å². The number of rotatable bonds is 4. The van der Waals surface area contributed by atoms with Crippen molar-refractivity contribution in [2.24, 2.45) is 13.0 Å². The summed E-state index contributed by atoms with van der Waals surface area (Å²) in [5.74, 6) is 0.639. The maximum atomic E-state index is 12.9. The third-order valence-corrected chi connectivity index (χ3v) is 4.97. The van der Waals surface area contributed by atoms with Crippen LogP contribution in [0, 0.1) is 5.92 Å². The van der Waals surface area contributed by atoms with E-state index < -0.39 is 0 Å². The number of nitrogens with zero attached hydrogens (tertiary/aromatic N) is 3. The molecular weight excluding hydrogens is 286 g/mol. The first-order chi connectivity index (χ1) is 11.1. The zero-order chi connectivity index (χ0) is 16.4. The molecule has 0 saturated carbocycles. The molecular formula is C19H25N3O. The van der Waals surface area contributed by atoms with Gasteiger partial charge < -0.3 is 4.90 Å². The van der Waals surface area contributed by atoms with Crippen LogP contribution in [0.15, 0.2) is 36.7 Å². The van der Waals surface area contributed by atoms with Gasteiger partial charge in [0.15, 0.2) is 0 Å². The minimum absolute atomic E-state index is 0.134. The molecule has 3 rings (SSSR count). The van der Waals surface area contributed by atoms with Gasteiger partial charge in [0.05, 0.1) is 6.20 Å². The summed E-state index contributed by atoms with van der Waals surface area (Å²) in [5.41, 5.74) is 3.77. The summed E-state index contributed by atoms with van der Waals surface area (Å²) >= 11 is 0. The molecule has 0 saturated heterocycles. The summed E-state index contributed by atoms with van der Waals surface area (Å²) in [4.78, 5) is 14.9. The lowest BCUT2D eigenvalue weighted by molar-refractivity contribution is -0.136. The number of benzene rings is 1. The molecule has 0 fully saturated rings. The summed E-state index contributed by atoms with van der Waals surface area (Å²) in [7, 11) is 1.94. The molecule has 0 bridgehead atoms. The topological polar surface area (TPSA) is 38.1 Å². The van der Waals surface area contributed by atoms with E-state index in [0.717, 1.165) is 25.9 Å². The van der Waals surface area contributed by atoms with Gasteiger partial charge in [-0.15, -0.1) is 0 Å². The van der Waals surface area contributed by atoms with Gasteiger partial charge in [-0.1, -0.05) is 38.1 Å². The average molecular weight is 311 g/mol. The van der Waals surface area contributed by atoms with Gasteiger partial charge in [0.25, 0.3) is 0 Å². The third kappa shape index (κ3) is 3.03. The van der Waals surface area contributed by atoms with Gasteiger partial charge >= 0.3 is 0 Å². The Morgan fingerprint density at radius 3 is 2.70 bits per heavy atom. The van der Waals surface area contributed by atoms with E-state index in [0.29, 0.717) is 5.91 Å². The van der Waals surface area contributed by atoms with Gasteiger partial charge in [0, 0.05) is 38.2 Å². The van der Waals surface area contributed by atoms with Crippen molar-refractivity contribution in [2.75, 3.05) is 6.54 Å². The molecule has 0 N–H and O–H groups in total. The van der Waals surface area contributed by atoms with Crippen molar-refractivity contribution in [1.82, 2.24) is 14.7 Å². The van der Waals surface area contributed by atoms with E-state index in [1.807, 2.05) is 22.8 Å². The number of amides is 1. The number of aromatic nitrogens is 2. The predicted molar refractivity (Wildman–Crippen MR) is 91.0 cm³/mol. The number of aryl methyl sites for hydroxylation is 1. The molecule has 1 aliphatic rings. The standard InChI is InChI=1S/C19H25N3O/c1-4-14(5-2)19(23)22-12-15-8-6-7-9-17(15)18(13-22)16-10-20-21(3)11-16/h6-11,14,18H,4-5,12-13H2,1-3H3. The van der Waals surface area contributed by atoms with E-state index in [2.05, 4.69) is 49.4 Å². The minimum atomic E-state index is 0.134. The van der Waals surface area contributed by atoms with Crippen molar-refractivity contribution in [2.45, 2.75) is 39.2 Å². The van der Waals surface area contributed by atoms with Gasteiger partial charge in [-0.2, -0.15) is 5.10 Å². The van der Waals surface area contributed by atoms with Crippen LogP contribution in [0.4, 0.5) is 0 Å². The molecule has 23 heavy (non-hydrogen) atoms. The molecule has 1 amide bonds. The van der Waals surface area contributed by atoms with Crippen LogP contribution in [0.2, 0.25) is 0 Å². The third-order valence-electron chi connectivity index (χ3n) is 4.97. The molecule has 0 aliphatic carbocycles. The van der Waals surface area contributed by atoms with Crippen LogP contribution >= 0.6 is 0 Å². The average Bonchev–Trinajstić information content (AvgIpc) is 3.01. The quantitative estimate of drug-likeness (QED) is 0.868. The fourth-order valence-corrected chi connectivity index (χ4v) is 3.58. The second kappa shape index (κ2) is 6.57. The van der Waals surface area contributed by atoms with Crippen LogP contribution in [0.1, 0.15) is 49.3 Å². The highest BCUT2D eigenvalue weighted by atomic mass is 16.2. The number of hydrogen-bond acceptors (Lipinski definition) is 2. The molecule has 122 valence electrons. The summed E-state index contributed by atoms with van der Waals surface area (Å²) < 4.78 is 1.83. The Morgan fingerprint density at radius 1 is 1.30 bits per heavy atom. The second-order valence-corrected chi connectivity index (χ2v) is 6.43. The van der Waals surface area contributed by atoms with Crippen molar-refractivity contribution in [3.05, 3.63) is 53.3 Å². The molecule has 1 atom stereocenters. The molecule has 2 aromatic rings. The first kappa shape index (κ1) is 15.8. The molecule has 2 heterocycles. The van der Waals surface area contributed by atoms with Gasteiger partial charge in [-0.05, 0) is 29.5 Å². The molecule has 1 aliphatic heterocycles. The Labute approximate surface area is 138 Å². The fourth-order valence-electron chi connectivity index (χ4n) is 3.58. The summed E-state index contributed by atoms with van der Waals surface area (Å²) in [6, 6.07) is 8.47. The minimum Gasteiger partial charge on any atom is -0.337 e. The van der Waals surface area contributed by atoms with Gasteiger partial charge in [-0.3, -0.25) is 9.48 Å². The predicted octanol–water partition coefficient (Wildman–Crippen LogP) is 3.33. The lowest BCUT2D eigenvalue weighted by atomic mass is 9.85.